The summed E-state index contributed by atoms with van der Waals surface area (Å²) in [6.07, 6.45) is 0. The van der Waals surface area contributed by atoms with Crippen LogP contribution in [0.5, 0.6) is 0 Å². The summed E-state index contributed by atoms with van der Waals surface area (Å²) >= 11 is 0. The molecule has 1 rings (SSSR count). The molecule has 5 heteroatoms. The standard InChI is InChI=1S/C14H23NO3S/c1-10(2)15(6-7-16)19(17,18)14-12(4)8-11(3)9-13(14)5/h8-10,16H,6-7H2,1-5H3. The number of hydrogen-bond donors (Lipinski definition) is 1. The molecule has 1 N–H and O–H groups in total. The van der Waals surface area contributed by atoms with Gasteiger partial charge < -0.3 is 5.11 Å². The Balaban J connectivity index is 3.42. The van der Waals surface area contributed by atoms with E-state index in [2.05, 4.69) is 0 Å². The molecule has 0 amide bonds. The number of sulfonamides is 1. The molecule has 0 aliphatic rings. The average molecular weight is 285 g/mol. The number of benzene rings is 1. The van der Waals surface area contributed by atoms with E-state index in [0.29, 0.717) is 4.90 Å². The van der Waals surface area contributed by atoms with Crippen LogP contribution >= 0.6 is 0 Å². The maximum Gasteiger partial charge on any atom is 0.243 e. The van der Waals surface area contributed by atoms with Crippen LogP contribution in [0.25, 0.3) is 0 Å². The Labute approximate surface area is 116 Å². The van der Waals surface area contributed by atoms with E-state index in [-0.39, 0.29) is 19.2 Å². The summed E-state index contributed by atoms with van der Waals surface area (Å²) in [7, 11) is -3.57. The van der Waals surface area contributed by atoms with Crippen LogP contribution in [0.4, 0.5) is 0 Å². The molecule has 1 aromatic carbocycles. The van der Waals surface area contributed by atoms with Crippen molar-refractivity contribution in [3.8, 4) is 0 Å². The Bertz CT molecular complexity index is 527. The summed E-state index contributed by atoms with van der Waals surface area (Å²) in [5, 5.41) is 9.07. The van der Waals surface area contributed by atoms with Gasteiger partial charge in [0.05, 0.1) is 11.5 Å². The number of hydrogen-bond acceptors (Lipinski definition) is 3. The lowest BCUT2D eigenvalue weighted by Crippen LogP contribution is -2.39. The maximum atomic E-state index is 12.7. The van der Waals surface area contributed by atoms with E-state index < -0.39 is 10.0 Å². The second-order valence-electron chi connectivity index (χ2n) is 5.16. The van der Waals surface area contributed by atoms with Crippen LogP contribution in [0.2, 0.25) is 0 Å². The van der Waals surface area contributed by atoms with Crippen molar-refractivity contribution in [3.63, 3.8) is 0 Å². The number of aliphatic hydroxyl groups is 1. The zero-order chi connectivity index (χ0) is 14.8. The van der Waals surface area contributed by atoms with Crippen molar-refractivity contribution in [1.82, 2.24) is 4.31 Å². The zero-order valence-electron chi connectivity index (χ0n) is 12.3. The highest BCUT2D eigenvalue weighted by Gasteiger charge is 2.29. The average Bonchev–Trinajstić information content (AvgIpc) is 2.22. The molecule has 0 aliphatic carbocycles. The molecule has 0 radical (unpaired) electrons. The molecule has 0 saturated carbocycles. The van der Waals surface area contributed by atoms with Crippen LogP contribution in [-0.2, 0) is 10.0 Å². The van der Waals surface area contributed by atoms with E-state index in [1.165, 1.54) is 4.31 Å². The third-order valence-corrected chi connectivity index (χ3v) is 5.45. The topological polar surface area (TPSA) is 57.6 Å². The lowest BCUT2D eigenvalue weighted by Gasteiger charge is -2.27. The van der Waals surface area contributed by atoms with E-state index in [0.717, 1.165) is 16.7 Å². The van der Waals surface area contributed by atoms with Crippen molar-refractivity contribution in [2.24, 2.45) is 0 Å². The first-order valence-corrected chi connectivity index (χ1v) is 7.86. The van der Waals surface area contributed by atoms with E-state index in [4.69, 9.17) is 5.11 Å². The smallest absolute Gasteiger partial charge is 0.243 e. The molecule has 0 fully saturated rings. The minimum atomic E-state index is -3.57. The molecule has 0 bridgehead atoms. The first-order valence-electron chi connectivity index (χ1n) is 6.42. The summed E-state index contributed by atoms with van der Waals surface area (Å²) in [5.41, 5.74) is 2.55. The summed E-state index contributed by atoms with van der Waals surface area (Å²) < 4.78 is 26.8. The molecule has 0 atom stereocenters. The number of aliphatic hydroxyl groups excluding tert-OH is 1. The third kappa shape index (κ3) is 3.35. The molecule has 0 aromatic heterocycles. The normalized spacial score (nSPS) is 12.4. The summed E-state index contributed by atoms with van der Waals surface area (Å²) in [4.78, 5) is 0.361. The monoisotopic (exact) mass is 285 g/mol. The summed E-state index contributed by atoms with van der Waals surface area (Å²) in [5.74, 6) is 0. The van der Waals surface area contributed by atoms with Crippen molar-refractivity contribution in [2.45, 2.75) is 45.6 Å². The van der Waals surface area contributed by atoms with Crippen LogP contribution in [0.3, 0.4) is 0 Å². The van der Waals surface area contributed by atoms with Gasteiger partial charge in [0.25, 0.3) is 0 Å². The van der Waals surface area contributed by atoms with Crippen molar-refractivity contribution >= 4 is 10.0 Å². The van der Waals surface area contributed by atoms with Gasteiger partial charge in [-0.15, -0.1) is 0 Å². The minimum Gasteiger partial charge on any atom is -0.395 e. The van der Waals surface area contributed by atoms with Crippen molar-refractivity contribution in [1.29, 1.82) is 0 Å². The Morgan fingerprint density at radius 2 is 1.63 bits per heavy atom. The molecule has 108 valence electrons. The largest absolute Gasteiger partial charge is 0.395 e. The number of rotatable bonds is 5. The van der Waals surface area contributed by atoms with Gasteiger partial charge in [-0.25, -0.2) is 8.42 Å². The second-order valence-corrected chi connectivity index (χ2v) is 6.99. The quantitative estimate of drug-likeness (QED) is 0.900. The van der Waals surface area contributed by atoms with Crippen LogP contribution in [-0.4, -0.2) is 37.0 Å². The van der Waals surface area contributed by atoms with Gasteiger partial charge >= 0.3 is 0 Å². The predicted octanol–water partition coefficient (Wildman–Crippen LogP) is 2.00. The molecule has 0 heterocycles. The van der Waals surface area contributed by atoms with E-state index in [1.54, 1.807) is 0 Å². The maximum absolute atomic E-state index is 12.7. The summed E-state index contributed by atoms with van der Waals surface area (Å²) in [6, 6.07) is 3.56. The SMILES string of the molecule is Cc1cc(C)c(S(=O)(=O)N(CCO)C(C)C)c(C)c1. The van der Waals surface area contributed by atoms with Crippen LogP contribution < -0.4 is 0 Å². The van der Waals surface area contributed by atoms with Gasteiger partial charge in [-0.1, -0.05) is 17.7 Å². The molecule has 19 heavy (non-hydrogen) atoms. The first kappa shape index (κ1) is 16.1. The van der Waals surface area contributed by atoms with Crippen LogP contribution in [0.15, 0.2) is 17.0 Å². The zero-order valence-corrected chi connectivity index (χ0v) is 13.1. The Morgan fingerprint density at radius 1 is 1.16 bits per heavy atom. The molecule has 4 nitrogen and oxygen atoms in total. The van der Waals surface area contributed by atoms with Gasteiger partial charge in [-0.05, 0) is 45.7 Å². The van der Waals surface area contributed by atoms with Crippen LogP contribution in [0.1, 0.15) is 30.5 Å². The molecule has 0 aliphatic heterocycles. The van der Waals surface area contributed by atoms with Crippen molar-refractivity contribution in [3.05, 3.63) is 28.8 Å². The lowest BCUT2D eigenvalue weighted by molar-refractivity contribution is 0.236. The molecule has 1 aromatic rings. The fourth-order valence-corrected chi connectivity index (χ4v) is 4.49. The Morgan fingerprint density at radius 3 is 2.00 bits per heavy atom. The minimum absolute atomic E-state index is 0.118. The molecule has 0 spiro atoms. The van der Waals surface area contributed by atoms with E-state index in [1.807, 2.05) is 46.8 Å². The Hall–Kier alpha value is -0.910. The number of nitrogens with zero attached hydrogens (tertiary/aromatic N) is 1. The molecular weight excluding hydrogens is 262 g/mol. The predicted molar refractivity (Wildman–Crippen MR) is 76.8 cm³/mol. The van der Waals surface area contributed by atoms with E-state index in [9.17, 15) is 8.42 Å². The fourth-order valence-electron chi connectivity index (χ4n) is 2.45. The highest BCUT2D eigenvalue weighted by Crippen LogP contribution is 2.26. The summed E-state index contributed by atoms with van der Waals surface area (Å²) in [6.45, 7) is 9.13. The number of aryl methyl sites for hydroxylation is 3. The van der Waals surface area contributed by atoms with Gasteiger partial charge in [0.1, 0.15) is 0 Å². The molecular formula is C14H23NO3S. The fraction of sp³-hybridized carbons (Fsp3) is 0.571. The third-order valence-electron chi connectivity index (χ3n) is 3.07. The highest BCUT2D eigenvalue weighted by molar-refractivity contribution is 7.89. The van der Waals surface area contributed by atoms with Crippen molar-refractivity contribution in [2.75, 3.05) is 13.2 Å². The molecule has 0 unspecified atom stereocenters. The highest BCUT2D eigenvalue weighted by atomic mass is 32.2. The van der Waals surface area contributed by atoms with Crippen LogP contribution in [0, 0.1) is 20.8 Å². The van der Waals surface area contributed by atoms with Gasteiger partial charge in [0.2, 0.25) is 10.0 Å². The van der Waals surface area contributed by atoms with Gasteiger partial charge in [-0.2, -0.15) is 4.31 Å². The van der Waals surface area contributed by atoms with Gasteiger partial charge in [-0.3, -0.25) is 0 Å². The first-order chi connectivity index (χ1) is 8.71. The second kappa shape index (κ2) is 6.03. The van der Waals surface area contributed by atoms with Gasteiger partial charge in [0, 0.05) is 12.6 Å². The van der Waals surface area contributed by atoms with Gasteiger partial charge in [0.15, 0.2) is 0 Å². The van der Waals surface area contributed by atoms with Crippen molar-refractivity contribution < 1.29 is 13.5 Å². The molecule has 0 saturated heterocycles. The Kier molecular flexibility index (Phi) is 5.12. The van der Waals surface area contributed by atoms with E-state index >= 15 is 0 Å². The lowest BCUT2D eigenvalue weighted by atomic mass is 10.1.